The van der Waals surface area contributed by atoms with Crippen LogP contribution in [0, 0.1) is 0 Å². The van der Waals surface area contributed by atoms with Crippen molar-refractivity contribution in [3.05, 3.63) is 53.3 Å². The molecule has 0 saturated carbocycles. The Labute approximate surface area is 141 Å². The van der Waals surface area contributed by atoms with Gasteiger partial charge in [0.1, 0.15) is 11.3 Å². The summed E-state index contributed by atoms with van der Waals surface area (Å²) in [4.78, 5) is 17.0. The van der Waals surface area contributed by atoms with E-state index in [9.17, 15) is 4.79 Å². The molecule has 0 aliphatic heterocycles. The molecular weight excluding hydrogens is 330 g/mol. The first-order chi connectivity index (χ1) is 11.2. The monoisotopic (exact) mass is 343 g/mol. The van der Waals surface area contributed by atoms with Crippen LogP contribution in [-0.2, 0) is 11.8 Å². The van der Waals surface area contributed by atoms with Gasteiger partial charge in [0.15, 0.2) is 5.16 Å². The van der Waals surface area contributed by atoms with E-state index in [0.717, 1.165) is 20.7 Å². The van der Waals surface area contributed by atoms with Crippen molar-refractivity contribution in [1.29, 1.82) is 0 Å². The van der Waals surface area contributed by atoms with Gasteiger partial charge < -0.3 is 9.88 Å². The fourth-order valence-electron chi connectivity index (χ4n) is 1.72. The van der Waals surface area contributed by atoms with Gasteiger partial charge in [-0.1, -0.05) is 0 Å². The highest BCUT2D eigenvalue weighted by Gasteiger charge is 2.04. The lowest BCUT2D eigenvalue weighted by Gasteiger charge is -2.04. The number of rotatable bonds is 5. The van der Waals surface area contributed by atoms with E-state index in [1.807, 2.05) is 41.3 Å². The second-order valence-corrected chi connectivity index (χ2v) is 6.51. The van der Waals surface area contributed by atoms with Crippen LogP contribution in [-0.4, -0.2) is 25.7 Å². The molecule has 0 unspecified atom stereocenters. The fourth-order valence-corrected chi connectivity index (χ4v) is 3.02. The SMILES string of the molecule is Cn1cnnc1Sc1ccc(NC(=O)/C=C\c2nccs2)cc1. The van der Waals surface area contributed by atoms with Gasteiger partial charge in [-0.2, -0.15) is 0 Å². The maximum atomic E-state index is 11.8. The van der Waals surface area contributed by atoms with Crippen molar-refractivity contribution in [2.45, 2.75) is 10.1 Å². The molecule has 0 saturated heterocycles. The molecule has 0 bridgehead atoms. The van der Waals surface area contributed by atoms with Crippen molar-refractivity contribution >= 4 is 40.8 Å². The van der Waals surface area contributed by atoms with E-state index in [1.165, 1.54) is 29.2 Å². The summed E-state index contributed by atoms with van der Waals surface area (Å²) >= 11 is 3.00. The highest BCUT2D eigenvalue weighted by molar-refractivity contribution is 7.99. The van der Waals surface area contributed by atoms with Crippen LogP contribution in [0.25, 0.3) is 6.08 Å². The van der Waals surface area contributed by atoms with Crippen molar-refractivity contribution in [3.63, 3.8) is 0 Å². The quantitative estimate of drug-likeness (QED) is 0.721. The molecule has 1 N–H and O–H groups in total. The predicted molar refractivity (Wildman–Crippen MR) is 91.3 cm³/mol. The van der Waals surface area contributed by atoms with Crippen LogP contribution >= 0.6 is 23.1 Å². The highest BCUT2D eigenvalue weighted by Crippen LogP contribution is 2.26. The van der Waals surface area contributed by atoms with Crippen molar-refractivity contribution in [2.24, 2.45) is 7.05 Å². The van der Waals surface area contributed by atoms with Gasteiger partial charge in [0, 0.05) is 35.3 Å². The number of carbonyl (C=O) groups is 1. The lowest BCUT2D eigenvalue weighted by molar-refractivity contribution is -0.111. The molecule has 1 amide bonds. The molecule has 1 aromatic carbocycles. The van der Waals surface area contributed by atoms with Crippen LogP contribution < -0.4 is 5.32 Å². The lowest BCUT2D eigenvalue weighted by Crippen LogP contribution is -2.07. The molecule has 0 radical (unpaired) electrons. The maximum absolute atomic E-state index is 11.8. The van der Waals surface area contributed by atoms with Crippen molar-refractivity contribution in [2.75, 3.05) is 5.32 Å². The van der Waals surface area contributed by atoms with Gasteiger partial charge in [0.25, 0.3) is 0 Å². The summed E-state index contributed by atoms with van der Waals surface area (Å²) in [5.74, 6) is -0.186. The average molecular weight is 343 g/mol. The number of nitrogens with one attached hydrogen (secondary N) is 1. The topological polar surface area (TPSA) is 72.7 Å². The normalized spacial score (nSPS) is 11.0. The van der Waals surface area contributed by atoms with Crippen LogP contribution in [0.3, 0.4) is 0 Å². The number of benzene rings is 1. The Kier molecular flexibility index (Phi) is 4.84. The highest BCUT2D eigenvalue weighted by atomic mass is 32.2. The zero-order chi connectivity index (χ0) is 16.1. The van der Waals surface area contributed by atoms with Crippen LogP contribution in [0.4, 0.5) is 5.69 Å². The molecule has 2 aromatic heterocycles. The van der Waals surface area contributed by atoms with E-state index in [2.05, 4.69) is 20.5 Å². The van der Waals surface area contributed by atoms with E-state index in [1.54, 1.807) is 18.6 Å². The minimum Gasteiger partial charge on any atom is -0.323 e. The van der Waals surface area contributed by atoms with Crippen molar-refractivity contribution in [1.82, 2.24) is 19.7 Å². The number of hydrogen-bond donors (Lipinski definition) is 1. The number of anilines is 1. The Morgan fingerprint density at radius 3 is 2.83 bits per heavy atom. The van der Waals surface area contributed by atoms with Gasteiger partial charge in [-0.3, -0.25) is 4.79 Å². The molecule has 0 aliphatic carbocycles. The van der Waals surface area contributed by atoms with E-state index in [0.29, 0.717) is 0 Å². The summed E-state index contributed by atoms with van der Waals surface area (Å²) in [6.07, 6.45) is 6.53. The molecule has 3 rings (SSSR count). The summed E-state index contributed by atoms with van der Waals surface area (Å²) in [5.41, 5.74) is 0.737. The van der Waals surface area contributed by atoms with E-state index in [4.69, 9.17) is 0 Å². The summed E-state index contributed by atoms with van der Waals surface area (Å²) in [7, 11) is 1.89. The van der Waals surface area contributed by atoms with Crippen LogP contribution in [0.1, 0.15) is 5.01 Å². The Bertz CT molecular complexity index is 809. The van der Waals surface area contributed by atoms with E-state index < -0.39 is 0 Å². The third-order valence-corrected chi connectivity index (χ3v) is 4.63. The first kappa shape index (κ1) is 15.4. The third kappa shape index (κ3) is 4.27. The number of amides is 1. The number of carbonyl (C=O) groups excluding carboxylic acids is 1. The number of hydrogen-bond acceptors (Lipinski definition) is 6. The Hall–Kier alpha value is -2.45. The largest absolute Gasteiger partial charge is 0.323 e. The molecule has 0 aliphatic rings. The first-order valence-electron chi connectivity index (χ1n) is 6.71. The van der Waals surface area contributed by atoms with Gasteiger partial charge in [-0.25, -0.2) is 4.98 Å². The summed E-state index contributed by atoms with van der Waals surface area (Å²) in [5, 5.41) is 14.2. The maximum Gasteiger partial charge on any atom is 0.248 e. The smallest absolute Gasteiger partial charge is 0.248 e. The average Bonchev–Trinajstić information content (AvgIpc) is 3.20. The van der Waals surface area contributed by atoms with E-state index >= 15 is 0 Å². The molecule has 0 spiro atoms. The molecule has 116 valence electrons. The van der Waals surface area contributed by atoms with Gasteiger partial charge in [-0.15, -0.1) is 21.5 Å². The molecule has 3 aromatic rings. The molecule has 6 nitrogen and oxygen atoms in total. The number of nitrogens with zero attached hydrogens (tertiary/aromatic N) is 4. The zero-order valence-corrected chi connectivity index (χ0v) is 13.8. The summed E-state index contributed by atoms with van der Waals surface area (Å²) in [6, 6.07) is 7.57. The molecule has 0 fully saturated rings. The minimum absolute atomic E-state index is 0.186. The molecular formula is C15H13N5OS2. The van der Waals surface area contributed by atoms with Gasteiger partial charge in [-0.05, 0) is 42.1 Å². The fraction of sp³-hybridized carbons (Fsp3) is 0.0667. The zero-order valence-electron chi connectivity index (χ0n) is 12.2. The minimum atomic E-state index is -0.186. The van der Waals surface area contributed by atoms with Crippen LogP contribution in [0.5, 0.6) is 0 Å². The predicted octanol–water partition coefficient (Wildman–Crippen LogP) is 3.07. The summed E-state index contributed by atoms with van der Waals surface area (Å²) < 4.78 is 1.85. The Balaban J connectivity index is 1.59. The Morgan fingerprint density at radius 2 is 2.17 bits per heavy atom. The Morgan fingerprint density at radius 1 is 1.35 bits per heavy atom. The number of aryl methyl sites for hydroxylation is 1. The van der Waals surface area contributed by atoms with Gasteiger partial charge in [0.05, 0.1) is 0 Å². The molecule has 23 heavy (non-hydrogen) atoms. The number of thiazole rings is 1. The van der Waals surface area contributed by atoms with E-state index in [-0.39, 0.29) is 5.91 Å². The van der Waals surface area contributed by atoms with Crippen molar-refractivity contribution < 1.29 is 4.79 Å². The van der Waals surface area contributed by atoms with Gasteiger partial charge in [0.2, 0.25) is 5.91 Å². The standard InChI is InChI=1S/C15H13N5OS2/c1-20-10-17-19-15(20)23-12-4-2-11(3-5-12)18-13(21)6-7-14-16-8-9-22-14/h2-10H,1H3,(H,18,21)/b7-6-. The molecule has 0 atom stereocenters. The second-order valence-electron chi connectivity index (χ2n) is 4.54. The molecule has 2 heterocycles. The van der Waals surface area contributed by atoms with Crippen molar-refractivity contribution in [3.8, 4) is 0 Å². The first-order valence-corrected chi connectivity index (χ1v) is 8.41. The molecule has 8 heteroatoms. The summed E-state index contributed by atoms with van der Waals surface area (Å²) in [6.45, 7) is 0. The van der Waals surface area contributed by atoms with Gasteiger partial charge >= 0.3 is 0 Å². The third-order valence-electron chi connectivity index (χ3n) is 2.83. The second kappa shape index (κ2) is 7.21. The lowest BCUT2D eigenvalue weighted by atomic mass is 10.3. The van der Waals surface area contributed by atoms with Crippen LogP contribution in [0.15, 0.2) is 58.3 Å². The van der Waals surface area contributed by atoms with Crippen LogP contribution in [0.2, 0.25) is 0 Å². The number of aromatic nitrogens is 4.